The molecule has 1 fully saturated rings. The lowest BCUT2D eigenvalue weighted by atomic mass is 10.2. The fourth-order valence-electron chi connectivity index (χ4n) is 2.05. The first-order valence-corrected chi connectivity index (χ1v) is 9.58. The highest BCUT2D eigenvalue weighted by Gasteiger charge is 2.24. The van der Waals surface area contributed by atoms with Gasteiger partial charge in [-0.3, -0.25) is 10.1 Å². The number of carbonyl (C=O) groups is 2. The summed E-state index contributed by atoms with van der Waals surface area (Å²) < 4.78 is 11.2. The first-order chi connectivity index (χ1) is 13.5. The van der Waals surface area contributed by atoms with E-state index in [9.17, 15) is 9.59 Å². The van der Waals surface area contributed by atoms with Crippen LogP contribution in [0.25, 0.3) is 0 Å². The standard InChI is InChI=1S/C19H14BrN3O4S/c1-26-17(24)10-16-18(25)22-19(28-16)23-21-11-12-2-6-14(7-3-12)27-15-8-4-13(20)5-9-15/h2-11H,1H3,(H,22,23,25)/b16-10+,21-11?. The Morgan fingerprint density at radius 2 is 1.75 bits per heavy atom. The summed E-state index contributed by atoms with van der Waals surface area (Å²) in [4.78, 5) is 23.1. The molecule has 142 valence electrons. The van der Waals surface area contributed by atoms with Crippen LogP contribution in [0.15, 0.2) is 74.2 Å². The lowest BCUT2D eigenvalue weighted by Crippen LogP contribution is -2.19. The number of esters is 1. The van der Waals surface area contributed by atoms with Crippen LogP contribution < -0.4 is 10.1 Å². The number of amidine groups is 1. The van der Waals surface area contributed by atoms with Crippen LogP contribution in [0.4, 0.5) is 0 Å². The Balaban J connectivity index is 1.59. The van der Waals surface area contributed by atoms with Crippen molar-refractivity contribution in [3.05, 3.63) is 69.5 Å². The summed E-state index contributed by atoms with van der Waals surface area (Å²) in [6, 6.07) is 14.8. The van der Waals surface area contributed by atoms with Gasteiger partial charge >= 0.3 is 5.97 Å². The van der Waals surface area contributed by atoms with Crippen LogP contribution in [0.5, 0.6) is 11.5 Å². The highest BCUT2D eigenvalue weighted by molar-refractivity contribution is 9.10. The Labute approximate surface area is 173 Å². The topological polar surface area (TPSA) is 89.3 Å². The number of methoxy groups -OCH3 is 1. The minimum absolute atomic E-state index is 0.204. The van der Waals surface area contributed by atoms with Gasteiger partial charge in [0.2, 0.25) is 0 Å². The maximum atomic E-state index is 11.7. The molecular formula is C19H14BrN3O4S. The van der Waals surface area contributed by atoms with E-state index in [0.29, 0.717) is 5.75 Å². The van der Waals surface area contributed by atoms with Crippen molar-refractivity contribution < 1.29 is 19.1 Å². The molecule has 0 aromatic heterocycles. The fourth-order valence-corrected chi connectivity index (χ4v) is 3.05. The molecule has 0 atom stereocenters. The molecule has 0 saturated carbocycles. The van der Waals surface area contributed by atoms with E-state index in [0.717, 1.165) is 33.6 Å². The van der Waals surface area contributed by atoms with Gasteiger partial charge in [0.05, 0.1) is 18.2 Å². The Hall–Kier alpha value is -2.91. The molecule has 1 aliphatic heterocycles. The van der Waals surface area contributed by atoms with E-state index in [2.05, 4.69) is 36.2 Å². The lowest BCUT2D eigenvalue weighted by Gasteiger charge is -2.05. The van der Waals surface area contributed by atoms with Crippen LogP contribution in [-0.2, 0) is 14.3 Å². The number of halogens is 1. The molecule has 1 N–H and O–H groups in total. The van der Waals surface area contributed by atoms with E-state index >= 15 is 0 Å². The first kappa shape index (κ1) is 19.8. The second kappa shape index (κ2) is 9.34. The normalized spacial score (nSPS) is 16.6. The van der Waals surface area contributed by atoms with Gasteiger partial charge in [-0.2, -0.15) is 5.10 Å². The number of ether oxygens (including phenoxy) is 2. The molecule has 1 saturated heterocycles. The molecule has 0 bridgehead atoms. The summed E-state index contributed by atoms with van der Waals surface area (Å²) in [7, 11) is 1.24. The third-order valence-corrected chi connectivity index (χ3v) is 4.81. The van der Waals surface area contributed by atoms with E-state index in [1.807, 2.05) is 48.5 Å². The number of hydrogen-bond acceptors (Lipinski definition) is 7. The Bertz CT molecular complexity index is 970. The number of thioether (sulfide) groups is 1. The molecular weight excluding hydrogens is 446 g/mol. The maximum absolute atomic E-state index is 11.7. The van der Waals surface area contributed by atoms with Crippen LogP contribution in [0.1, 0.15) is 5.56 Å². The molecule has 2 aromatic carbocycles. The highest BCUT2D eigenvalue weighted by Crippen LogP contribution is 2.24. The SMILES string of the molecule is COC(=O)/C=C1/S/C(=N\N=Cc2ccc(Oc3ccc(Br)cc3)cc2)NC1=O. The summed E-state index contributed by atoms with van der Waals surface area (Å²) in [5, 5.41) is 10.7. The van der Waals surface area contributed by atoms with Gasteiger partial charge in [0.15, 0.2) is 5.17 Å². The summed E-state index contributed by atoms with van der Waals surface area (Å²) in [5.41, 5.74) is 0.812. The molecule has 0 radical (unpaired) electrons. The van der Waals surface area contributed by atoms with Gasteiger partial charge in [-0.05, 0) is 65.9 Å². The van der Waals surface area contributed by atoms with Gasteiger partial charge < -0.3 is 9.47 Å². The number of nitrogens with zero attached hydrogens (tertiary/aromatic N) is 2. The molecule has 1 aliphatic rings. The summed E-state index contributed by atoms with van der Waals surface area (Å²) in [6.45, 7) is 0. The summed E-state index contributed by atoms with van der Waals surface area (Å²) in [5.74, 6) is 0.412. The van der Waals surface area contributed by atoms with Gasteiger partial charge in [-0.25, -0.2) is 4.79 Å². The number of amides is 1. The lowest BCUT2D eigenvalue weighted by molar-refractivity contribution is -0.135. The quantitative estimate of drug-likeness (QED) is 0.317. The third kappa shape index (κ3) is 5.54. The predicted octanol–water partition coefficient (Wildman–Crippen LogP) is 3.85. The van der Waals surface area contributed by atoms with Crippen molar-refractivity contribution in [2.24, 2.45) is 10.2 Å². The van der Waals surface area contributed by atoms with Crippen LogP contribution in [0, 0.1) is 0 Å². The smallest absolute Gasteiger partial charge is 0.331 e. The van der Waals surface area contributed by atoms with Gasteiger partial charge in [0.1, 0.15) is 11.5 Å². The van der Waals surface area contributed by atoms with E-state index in [1.165, 1.54) is 7.11 Å². The maximum Gasteiger partial charge on any atom is 0.331 e. The molecule has 7 nitrogen and oxygen atoms in total. The Morgan fingerprint density at radius 1 is 1.11 bits per heavy atom. The zero-order chi connectivity index (χ0) is 19.9. The Kier molecular flexibility index (Phi) is 6.62. The zero-order valence-corrected chi connectivity index (χ0v) is 17.0. The second-order valence-corrected chi connectivity index (χ2v) is 7.31. The van der Waals surface area contributed by atoms with Gasteiger partial charge in [0, 0.05) is 10.5 Å². The largest absolute Gasteiger partial charge is 0.466 e. The number of benzene rings is 2. The summed E-state index contributed by atoms with van der Waals surface area (Å²) >= 11 is 4.39. The van der Waals surface area contributed by atoms with Crippen LogP contribution in [-0.4, -0.2) is 30.4 Å². The van der Waals surface area contributed by atoms with Crippen molar-refractivity contribution in [1.29, 1.82) is 0 Å². The zero-order valence-electron chi connectivity index (χ0n) is 14.6. The number of hydrogen-bond donors (Lipinski definition) is 1. The van der Waals surface area contributed by atoms with Crippen LogP contribution in [0.2, 0.25) is 0 Å². The third-order valence-electron chi connectivity index (χ3n) is 3.39. The molecule has 1 amide bonds. The minimum Gasteiger partial charge on any atom is -0.466 e. The van der Waals surface area contributed by atoms with Crippen molar-refractivity contribution in [2.45, 2.75) is 0 Å². The van der Waals surface area contributed by atoms with Crippen molar-refractivity contribution in [3.8, 4) is 11.5 Å². The molecule has 0 spiro atoms. The number of nitrogens with one attached hydrogen (secondary N) is 1. The molecule has 28 heavy (non-hydrogen) atoms. The average molecular weight is 460 g/mol. The van der Waals surface area contributed by atoms with Crippen molar-refractivity contribution in [2.75, 3.05) is 7.11 Å². The molecule has 1 heterocycles. The van der Waals surface area contributed by atoms with Crippen LogP contribution in [0.3, 0.4) is 0 Å². The minimum atomic E-state index is -0.604. The van der Waals surface area contributed by atoms with Gasteiger partial charge in [-0.1, -0.05) is 15.9 Å². The van der Waals surface area contributed by atoms with E-state index < -0.39 is 11.9 Å². The second-order valence-electron chi connectivity index (χ2n) is 5.36. The molecule has 2 aromatic rings. The van der Waals surface area contributed by atoms with E-state index in [-0.39, 0.29) is 10.1 Å². The van der Waals surface area contributed by atoms with Crippen molar-refractivity contribution in [1.82, 2.24) is 5.32 Å². The monoisotopic (exact) mass is 459 g/mol. The molecule has 3 rings (SSSR count). The average Bonchev–Trinajstić information content (AvgIpc) is 3.04. The van der Waals surface area contributed by atoms with Gasteiger partial charge in [-0.15, -0.1) is 5.10 Å². The van der Waals surface area contributed by atoms with Crippen LogP contribution >= 0.6 is 27.7 Å². The van der Waals surface area contributed by atoms with E-state index in [4.69, 9.17) is 4.74 Å². The van der Waals surface area contributed by atoms with Crippen molar-refractivity contribution >= 4 is 51.0 Å². The molecule has 0 unspecified atom stereocenters. The number of carbonyl (C=O) groups excluding carboxylic acids is 2. The van der Waals surface area contributed by atoms with Gasteiger partial charge in [0.25, 0.3) is 5.91 Å². The first-order valence-electron chi connectivity index (χ1n) is 7.97. The Morgan fingerprint density at radius 3 is 2.39 bits per heavy atom. The highest BCUT2D eigenvalue weighted by atomic mass is 79.9. The van der Waals surface area contributed by atoms with E-state index in [1.54, 1.807) is 6.21 Å². The summed E-state index contributed by atoms with van der Waals surface area (Å²) in [6.07, 6.45) is 2.65. The fraction of sp³-hybridized carbons (Fsp3) is 0.0526. The van der Waals surface area contributed by atoms with Crippen molar-refractivity contribution in [3.63, 3.8) is 0 Å². The number of rotatable bonds is 5. The predicted molar refractivity (Wildman–Crippen MR) is 112 cm³/mol. The molecule has 0 aliphatic carbocycles. The molecule has 9 heteroatoms.